The smallest absolute Gasteiger partial charge is 0.270 e. The summed E-state index contributed by atoms with van der Waals surface area (Å²) in [6.07, 6.45) is 1.91. The molecule has 4 rings (SSSR count). The molecule has 5 nitrogen and oxygen atoms in total. The summed E-state index contributed by atoms with van der Waals surface area (Å²) in [4.78, 5) is 17.8. The highest BCUT2D eigenvalue weighted by atomic mass is 32.1. The van der Waals surface area contributed by atoms with Gasteiger partial charge in [0.05, 0.1) is 0 Å². The average molecular weight is 366 g/mol. The van der Waals surface area contributed by atoms with Crippen LogP contribution in [0.1, 0.15) is 16.0 Å². The first-order valence-electron chi connectivity index (χ1n) is 8.37. The predicted octanol–water partition coefficient (Wildman–Crippen LogP) is 3.82. The third-order valence-electron chi connectivity index (χ3n) is 4.08. The highest BCUT2D eigenvalue weighted by Gasteiger charge is 2.27. The van der Waals surface area contributed by atoms with Gasteiger partial charge in [0.25, 0.3) is 5.91 Å². The zero-order valence-corrected chi connectivity index (χ0v) is 15.1. The van der Waals surface area contributed by atoms with E-state index >= 15 is 0 Å². The molecule has 0 radical (unpaired) electrons. The Balaban J connectivity index is 1.38. The molecule has 0 saturated heterocycles. The van der Waals surface area contributed by atoms with Gasteiger partial charge in [-0.25, -0.2) is 4.98 Å². The van der Waals surface area contributed by atoms with Crippen molar-refractivity contribution in [3.63, 3.8) is 0 Å². The fraction of sp³-hybridized carbons (Fsp3) is 0.200. The van der Waals surface area contributed by atoms with Gasteiger partial charge in [0, 0.05) is 17.5 Å². The Morgan fingerprint density at radius 3 is 2.77 bits per heavy atom. The van der Waals surface area contributed by atoms with Crippen molar-refractivity contribution in [3.8, 4) is 11.5 Å². The van der Waals surface area contributed by atoms with Crippen molar-refractivity contribution in [1.29, 1.82) is 0 Å². The monoisotopic (exact) mass is 366 g/mol. The predicted molar refractivity (Wildman–Crippen MR) is 101 cm³/mol. The summed E-state index contributed by atoms with van der Waals surface area (Å²) in [5.74, 6) is 0.986. The molecular weight excluding hydrogens is 348 g/mol. The first-order chi connectivity index (χ1) is 12.7. The maximum absolute atomic E-state index is 12.4. The van der Waals surface area contributed by atoms with E-state index in [4.69, 9.17) is 9.47 Å². The summed E-state index contributed by atoms with van der Waals surface area (Å²) in [5.41, 5.74) is 2.46. The van der Waals surface area contributed by atoms with Gasteiger partial charge >= 0.3 is 0 Å². The molecule has 0 fully saturated rings. The van der Waals surface area contributed by atoms with Gasteiger partial charge in [0.15, 0.2) is 16.6 Å². The Labute approximate surface area is 155 Å². The first-order valence-corrected chi connectivity index (χ1v) is 9.18. The van der Waals surface area contributed by atoms with Crippen LogP contribution >= 0.6 is 11.3 Å². The number of carbonyl (C=O) groups is 1. The number of anilines is 1. The molecule has 0 aliphatic carbocycles. The van der Waals surface area contributed by atoms with Gasteiger partial charge in [-0.1, -0.05) is 42.0 Å². The third-order valence-corrected chi connectivity index (χ3v) is 5.00. The fourth-order valence-corrected chi connectivity index (χ4v) is 3.54. The highest BCUT2D eigenvalue weighted by molar-refractivity contribution is 7.15. The van der Waals surface area contributed by atoms with E-state index in [-0.39, 0.29) is 12.5 Å². The van der Waals surface area contributed by atoms with Crippen LogP contribution in [0, 0.1) is 6.92 Å². The molecule has 0 saturated carbocycles. The second-order valence-corrected chi connectivity index (χ2v) is 7.26. The lowest BCUT2D eigenvalue weighted by molar-refractivity contribution is -0.125. The zero-order chi connectivity index (χ0) is 17.9. The lowest BCUT2D eigenvalue weighted by atomic mass is 10.1. The summed E-state index contributed by atoms with van der Waals surface area (Å²) in [7, 11) is 0. The van der Waals surface area contributed by atoms with Crippen molar-refractivity contribution in [2.24, 2.45) is 0 Å². The molecule has 1 aliphatic rings. The van der Waals surface area contributed by atoms with Crippen molar-refractivity contribution >= 4 is 22.4 Å². The van der Waals surface area contributed by atoms with Crippen LogP contribution in [0.15, 0.2) is 54.7 Å². The molecule has 26 heavy (non-hydrogen) atoms. The fourth-order valence-electron chi connectivity index (χ4n) is 2.69. The molecule has 1 aromatic heterocycles. The summed E-state index contributed by atoms with van der Waals surface area (Å²) in [6.45, 7) is 2.25. The van der Waals surface area contributed by atoms with E-state index in [1.807, 2.05) is 18.2 Å². The highest BCUT2D eigenvalue weighted by Crippen LogP contribution is 2.31. The van der Waals surface area contributed by atoms with Gasteiger partial charge in [-0.2, -0.15) is 0 Å². The number of rotatable bonds is 4. The van der Waals surface area contributed by atoms with E-state index in [2.05, 4.69) is 41.5 Å². The van der Waals surface area contributed by atoms with Gasteiger partial charge in [0.1, 0.15) is 6.61 Å². The quantitative estimate of drug-likeness (QED) is 0.763. The molecule has 1 amide bonds. The van der Waals surface area contributed by atoms with Crippen LogP contribution in [0.2, 0.25) is 0 Å². The minimum atomic E-state index is -0.686. The molecule has 3 aromatic rings. The van der Waals surface area contributed by atoms with Crippen LogP contribution < -0.4 is 14.8 Å². The average Bonchev–Trinajstić information content (AvgIpc) is 3.10. The number of para-hydroxylation sites is 2. The van der Waals surface area contributed by atoms with E-state index in [9.17, 15) is 4.79 Å². The molecule has 2 aromatic carbocycles. The van der Waals surface area contributed by atoms with Crippen LogP contribution in [0.5, 0.6) is 11.5 Å². The molecule has 1 aliphatic heterocycles. The number of hydrogen-bond acceptors (Lipinski definition) is 5. The summed E-state index contributed by atoms with van der Waals surface area (Å²) < 4.78 is 11.3. The van der Waals surface area contributed by atoms with E-state index in [1.54, 1.807) is 12.3 Å². The third kappa shape index (κ3) is 3.70. The lowest BCUT2D eigenvalue weighted by Crippen LogP contribution is -2.40. The number of aryl methyl sites for hydroxylation is 1. The largest absolute Gasteiger partial charge is 0.485 e. The van der Waals surface area contributed by atoms with Gasteiger partial charge in [-0.05, 0) is 24.6 Å². The van der Waals surface area contributed by atoms with Gasteiger partial charge < -0.3 is 9.47 Å². The van der Waals surface area contributed by atoms with Crippen molar-refractivity contribution in [3.05, 3.63) is 70.7 Å². The van der Waals surface area contributed by atoms with Crippen LogP contribution in [-0.2, 0) is 11.2 Å². The van der Waals surface area contributed by atoms with E-state index in [0.717, 1.165) is 11.3 Å². The Hall–Kier alpha value is -2.86. The van der Waals surface area contributed by atoms with E-state index in [0.29, 0.717) is 16.6 Å². The maximum Gasteiger partial charge on any atom is 0.270 e. The number of fused-ring (bicyclic) bond motifs is 1. The Morgan fingerprint density at radius 1 is 1.19 bits per heavy atom. The zero-order valence-electron chi connectivity index (χ0n) is 14.3. The van der Waals surface area contributed by atoms with Crippen molar-refractivity contribution < 1.29 is 14.3 Å². The SMILES string of the molecule is Cc1ccc(Cc2cnc(NC(=O)[C@@H]3COc4ccccc4O3)s2)cc1. The Bertz CT molecular complexity index is 921. The topological polar surface area (TPSA) is 60.5 Å². The molecule has 132 valence electrons. The molecule has 0 bridgehead atoms. The van der Waals surface area contributed by atoms with Gasteiger partial charge in [-0.3, -0.25) is 10.1 Å². The van der Waals surface area contributed by atoms with E-state index in [1.165, 1.54) is 22.5 Å². The van der Waals surface area contributed by atoms with Gasteiger partial charge in [-0.15, -0.1) is 11.3 Å². The minimum Gasteiger partial charge on any atom is -0.485 e. The number of benzene rings is 2. The van der Waals surface area contributed by atoms with E-state index < -0.39 is 6.10 Å². The molecule has 1 atom stereocenters. The van der Waals surface area contributed by atoms with Crippen LogP contribution in [0.25, 0.3) is 0 Å². The molecule has 6 heteroatoms. The minimum absolute atomic E-state index is 0.185. The second kappa shape index (κ2) is 7.17. The van der Waals surface area contributed by atoms with Crippen molar-refractivity contribution in [2.45, 2.75) is 19.4 Å². The normalized spacial score (nSPS) is 15.5. The number of hydrogen-bond donors (Lipinski definition) is 1. The number of aromatic nitrogens is 1. The number of carbonyl (C=O) groups excluding carboxylic acids is 1. The number of nitrogens with zero attached hydrogens (tertiary/aromatic N) is 1. The number of nitrogens with one attached hydrogen (secondary N) is 1. The summed E-state index contributed by atoms with van der Waals surface area (Å²) in [6, 6.07) is 15.7. The number of amides is 1. The maximum atomic E-state index is 12.4. The van der Waals surface area contributed by atoms with Crippen LogP contribution in [-0.4, -0.2) is 23.6 Å². The molecule has 0 unspecified atom stereocenters. The van der Waals surface area contributed by atoms with Crippen LogP contribution in [0.4, 0.5) is 5.13 Å². The molecule has 0 spiro atoms. The van der Waals surface area contributed by atoms with Crippen molar-refractivity contribution in [2.75, 3.05) is 11.9 Å². The Morgan fingerprint density at radius 2 is 1.96 bits per heavy atom. The summed E-state index contributed by atoms with van der Waals surface area (Å²) in [5, 5.41) is 3.39. The van der Waals surface area contributed by atoms with Crippen LogP contribution in [0.3, 0.4) is 0 Å². The lowest BCUT2D eigenvalue weighted by Gasteiger charge is -2.25. The first kappa shape index (κ1) is 16.6. The number of ether oxygens (including phenoxy) is 2. The number of thiazole rings is 1. The molecule has 1 N–H and O–H groups in total. The Kier molecular flexibility index (Phi) is 4.58. The van der Waals surface area contributed by atoms with Gasteiger partial charge in [0.2, 0.25) is 6.10 Å². The standard InChI is InChI=1S/C20H18N2O3S/c1-13-6-8-14(9-7-13)10-15-11-21-20(26-15)22-19(23)18-12-24-16-4-2-3-5-17(16)25-18/h2-9,11,18H,10,12H2,1H3,(H,21,22,23)/t18-/m0/s1. The molecular formula is C20H18N2O3S. The second-order valence-electron chi connectivity index (χ2n) is 6.15. The van der Waals surface area contributed by atoms with Crippen molar-refractivity contribution in [1.82, 2.24) is 4.98 Å². The molecule has 2 heterocycles. The summed E-state index contributed by atoms with van der Waals surface area (Å²) >= 11 is 1.47.